The van der Waals surface area contributed by atoms with Gasteiger partial charge in [-0.15, -0.1) is 0 Å². The summed E-state index contributed by atoms with van der Waals surface area (Å²) in [6.45, 7) is 2.69. The minimum atomic E-state index is -0.275. The molecular weight excluding hydrogens is 242 g/mol. The van der Waals surface area contributed by atoms with E-state index >= 15 is 0 Å². The van der Waals surface area contributed by atoms with Crippen molar-refractivity contribution in [3.63, 3.8) is 0 Å². The van der Waals surface area contributed by atoms with Crippen LogP contribution in [0.25, 0.3) is 0 Å². The maximum Gasteiger partial charge on any atom is 0.232 e. The maximum absolute atomic E-state index is 6.07. The average Bonchev–Trinajstić information content (AvgIpc) is 2.96. The van der Waals surface area contributed by atoms with Crippen LogP contribution in [0.1, 0.15) is 69.6 Å². The summed E-state index contributed by atoms with van der Waals surface area (Å²) in [6.07, 6.45) is 8.71. The van der Waals surface area contributed by atoms with Gasteiger partial charge in [-0.2, -0.15) is 4.98 Å². The Kier molecular flexibility index (Phi) is 3.58. The van der Waals surface area contributed by atoms with Crippen LogP contribution >= 0.6 is 0 Å². The van der Waals surface area contributed by atoms with Crippen molar-refractivity contribution in [2.75, 3.05) is 6.61 Å². The van der Waals surface area contributed by atoms with Gasteiger partial charge >= 0.3 is 0 Å². The lowest BCUT2D eigenvalue weighted by Gasteiger charge is -2.26. The Labute approximate surface area is 113 Å². The van der Waals surface area contributed by atoms with Crippen molar-refractivity contribution in [1.29, 1.82) is 0 Å². The lowest BCUT2D eigenvalue weighted by molar-refractivity contribution is -0.00549. The number of nitrogens with two attached hydrogens (primary N) is 1. The smallest absolute Gasteiger partial charge is 0.232 e. The predicted octanol–water partition coefficient (Wildman–Crippen LogP) is 2.47. The molecule has 0 spiro atoms. The van der Waals surface area contributed by atoms with Gasteiger partial charge in [0.05, 0.1) is 18.8 Å². The third kappa shape index (κ3) is 2.67. The maximum atomic E-state index is 6.07. The van der Waals surface area contributed by atoms with E-state index in [0.29, 0.717) is 18.5 Å². The molecule has 0 saturated heterocycles. The van der Waals surface area contributed by atoms with E-state index in [2.05, 4.69) is 17.1 Å². The molecule has 19 heavy (non-hydrogen) atoms. The highest BCUT2D eigenvalue weighted by molar-refractivity contribution is 5.07. The highest BCUT2D eigenvalue weighted by Gasteiger charge is 2.36. The number of nitrogens with zero attached hydrogens (tertiary/aromatic N) is 2. The van der Waals surface area contributed by atoms with E-state index in [4.69, 9.17) is 15.0 Å². The van der Waals surface area contributed by atoms with Crippen LogP contribution in [-0.2, 0) is 10.2 Å². The van der Waals surface area contributed by atoms with Crippen molar-refractivity contribution in [3.05, 3.63) is 11.7 Å². The molecule has 1 unspecified atom stereocenters. The zero-order valence-electron chi connectivity index (χ0n) is 11.6. The SMILES string of the molecule is CC1(c2nc(C(N)COC3CCC3)no2)CCCC1. The van der Waals surface area contributed by atoms with Crippen LogP contribution in [0, 0.1) is 0 Å². The van der Waals surface area contributed by atoms with Crippen LogP contribution in [-0.4, -0.2) is 22.9 Å². The molecule has 0 amide bonds. The van der Waals surface area contributed by atoms with Crippen molar-refractivity contribution in [1.82, 2.24) is 10.1 Å². The van der Waals surface area contributed by atoms with Crippen LogP contribution in [0.15, 0.2) is 4.52 Å². The third-order valence-electron chi connectivity index (χ3n) is 4.56. The van der Waals surface area contributed by atoms with Crippen LogP contribution < -0.4 is 5.73 Å². The zero-order chi connectivity index (χ0) is 13.3. The van der Waals surface area contributed by atoms with Gasteiger partial charge in [-0.1, -0.05) is 24.9 Å². The molecule has 1 aromatic rings. The molecule has 0 aromatic carbocycles. The number of aromatic nitrogens is 2. The summed E-state index contributed by atoms with van der Waals surface area (Å²) in [5, 5.41) is 4.04. The van der Waals surface area contributed by atoms with Gasteiger partial charge in [0.1, 0.15) is 0 Å². The van der Waals surface area contributed by atoms with Crippen molar-refractivity contribution in [2.45, 2.75) is 69.4 Å². The van der Waals surface area contributed by atoms with Gasteiger partial charge in [0.25, 0.3) is 0 Å². The molecule has 1 aromatic heterocycles. The monoisotopic (exact) mass is 265 g/mol. The highest BCUT2D eigenvalue weighted by atomic mass is 16.5. The van der Waals surface area contributed by atoms with E-state index < -0.39 is 0 Å². The molecule has 5 nitrogen and oxygen atoms in total. The molecule has 1 heterocycles. The normalized spacial score (nSPS) is 24.3. The molecule has 2 fully saturated rings. The Hall–Kier alpha value is -0.940. The summed E-state index contributed by atoms with van der Waals surface area (Å²) in [5.41, 5.74) is 6.12. The van der Waals surface area contributed by atoms with Crippen LogP contribution in [0.2, 0.25) is 0 Å². The minimum absolute atomic E-state index is 0.0554. The van der Waals surface area contributed by atoms with Gasteiger partial charge < -0.3 is 15.0 Å². The van der Waals surface area contributed by atoms with Crippen molar-refractivity contribution >= 4 is 0 Å². The van der Waals surface area contributed by atoms with Crippen LogP contribution in [0.3, 0.4) is 0 Å². The standard InChI is InChI=1S/C14H23N3O2/c1-14(7-2-3-8-14)13-16-12(17-19-13)11(15)9-18-10-5-4-6-10/h10-11H,2-9,15H2,1H3. The molecule has 1 atom stereocenters. The first-order valence-corrected chi connectivity index (χ1v) is 7.39. The van der Waals surface area contributed by atoms with E-state index in [1.54, 1.807) is 0 Å². The van der Waals surface area contributed by atoms with Gasteiger partial charge in [-0.3, -0.25) is 0 Å². The fourth-order valence-electron chi connectivity index (χ4n) is 2.85. The van der Waals surface area contributed by atoms with E-state index in [1.165, 1.54) is 19.3 Å². The summed E-state index contributed by atoms with van der Waals surface area (Å²) >= 11 is 0. The summed E-state index contributed by atoms with van der Waals surface area (Å²) < 4.78 is 11.1. The second kappa shape index (κ2) is 5.21. The van der Waals surface area contributed by atoms with Crippen molar-refractivity contribution < 1.29 is 9.26 Å². The Bertz CT molecular complexity index is 422. The summed E-state index contributed by atoms with van der Waals surface area (Å²) in [4.78, 5) is 4.50. The summed E-state index contributed by atoms with van der Waals surface area (Å²) in [7, 11) is 0. The number of rotatable bonds is 5. The Morgan fingerprint density at radius 2 is 2.11 bits per heavy atom. The molecule has 106 valence electrons. The molecule has 2 saturated carbocycles. The average molecular weight is 265 g/mol. The van der Waals surface area contributed by atoms with Gasteiger partial charge in [0.15, 0.2) is 5.82 Å². The Balaban J connectivity index is 1.60. The fourth-order valence-corrected chi connectivity index (χ4v) is 2.85. The third-order valence-corrected chi connectivity index (χ3v) is 4.56. The quantitative estimate of drug-likeness (QED) is 0.885. The lowest BCUT2D eigenvalue weighted by Crippen LogP contribution is -2.27. The fraction of sp³-hybridized carbons (Fsp3) is 0.857. The Morgan fingerprint density at radius 1 is 1.37 bits per heavy atom. The van der Waals surface area contributed by atoms with E-state index in [0.717, 1.165) is 31.6 Å². The molecule has 0 bridgehead atoms. The molecule has 0 radical (unpaired) electrons. The molecule has 2 aliphatic carbocycles. The number of hydrogen-bond acceptors (Lipinski definition) is 5. The first kappa shape index (κ1) is 13.1. The first-order valence-electron chi connectivity index (χ1n) is 7.39. The largest absolute Gasteiger partial charge is 0.376 e. The van der Waals surface area contributed by atoms with E-state index in [1.807, 2.05) is 0 Å². The number of hydrogen-bond donors (Lipinski definition) is 1. The molecule has 2 N–H and O–H groups in total. The first-order chi connectivity index (χ1) is 9.17. The zero-order valence-corrected chi connectivity index (χ0v) is 11.6. The Morgan fingerprint density at radius 3 is 2.74 bits per heavy atom. The van der Waals surface area contributed by atoms with E-state index in [-0.39, 0.29) is 11.5 Å². The summed E-state index contributed by atoms with van der Waals surface area (Å²) in [6, 6.07) is -0.275. The van der Waals surface area contributed by atoms with E-state index in [9.17, 15) is 0 Å². The molecule has 2 aliphatic rings. The van der Waals surface area contributed by atoms with Gasteiger partial charge in [0, 0.05) is 5.41 Å². The van der Waals surface area contributed by atoms with Crippen molar-refractivity contribution in [2.24, 2.45) is 5.73 Å². The topological polar surface area (TPSA) is 74.2 Å². The van der Waals surface area contributed by atoms with Gasteiger partial charge in [-0.25, -0.2) is 0 Å². The lowest BCUT2D eigenvalue weighted by atomic mass is 9.89. The van der Waals surface area contributed by atoms with Crippen molar-refractivity contribution in [3.8, 4) is 0 Å². The molecule has 3 rings (SSSR count). The predicted molar refractivity (Wildman–Crippen MR) is 70.6 cm³/mol. The second-order valence-corrected chi connectivity index (χ2v) is 6.22. The minimum Gasteiger partial charge on any atom is -0.376 e. The molecular formula is C14H23N3O2. The second-order valence-electron chi connectivity index (χ2n) is 6.22. The highest BCUT2D eigenvalue weighted by Crippen LogP contribution is 2.39. The van der Waals surface area contributed by atoms with Crippen LogP contribution in [0.5, 0.6) is 0 Å². The van der Waals surface area contributed by atoms with Gasteiger partial charge in [-0.05, 0) is 32.1 Å². The molecule has 0 aliphatic heterocycles. The summed E-state index contributed by atoms with van der Waals surface area (Å²) in [5.74, 6) is 1.33. The van der Waals surface area contributed by atoms with Gasteiger partial charge in [0.2, 0.25) is 5.89 Å². The number of ether oxygens (including phenoxy) is 1. The van der Waals surface area contributed by atoms with Crippen LogP contribution in [0.4, 0.5) is 0 Å². The molecule has 5 heteroatoms.